The van der Waals surface area contributed by atoms with Crippen LogP contribution in [0.5, 0.6) is 0 Å². The van der Waals surface area contributed by atoms with Gasteiger partial charge in [-0.25, -0.2) is 0 Å². The Kier molecular flexibility index (Phi) is 43.2. The SMILES string of the molecule is CCCCCCCCCCCCCCCCC(=O)O[C@H](COC(=O)CCCCCCCCCCCC)COC(=O)CCCCCCCCCCCCCC(C)C. The van der Waals surface area contributed by atoms with Crippen LogP contribution in [0.1, 0.15) is 278 Å². The lowest BCUT2D eigenvalue weighted by Crippen LogP contribution is -2.30. The van der Waals surface area contributed by atoms with Crippen molar-refractivity contribution in [1.29, 1.82) is 0 Å². The molecule has 6 heteroatoms. The standard InChI is InChI=1S/C50H96O6/c1-5-7-9-11-13-15-17-18-19-22-27-31-35-39-43-50(53)56-47(44-54-48(51)41-37-33-29-25-16-14-12-10-8-6-2)45-55-49(52)42-38-34-30-26-23-20-21-24-28-32-36-40-46(3)4/h46-47H,5-45H2,1-4H3/t47-/m1/s1. The van der Waals surface area contributed by atoms with E-state index in [0.29, 0.717) is 19.3 Å². The summed E-state index contributed by atoms with van der Waals surface area (Å²) >= 11 is 0. The average molecular weight is 793 g/mol. The molecule has 0 aliphatic rings. The second-order valence-corrected chi connectivity index (χ2v) is 17.6. The van der Waals surface area contributed by atoms with Gasteiger partial charge in [0.25, 0.3) is 0 Å². The summed E-state index contributed by atoms with van der Waals surface area (Å²) in [5.74, 6) is -0.0215. The van der Waals surface area contributed by atoms with Gasteiger partial charge in [-0.3, -0.25) is 14.4 Å². The molecule has 0 aromatic rings. The maximum atomic E-state index is 12.7. The molecular formula is C50H96O6. The van der Waals surface area contributed by atoms with Crippen molar-refractivity contribution in [2.24, 2.45) is 5.92 Å². The minimum Gasteiger partial charge on any atom is -0.462 e. The van der Waals surface area contributed by atoms with Crippen molar-refractivity contribution in [3.05, 3.63) is 0 Å². The van der Waals surface area contributed by atoms with Gasteiger partial charge < -0.3 is 14.2 Å². The quantitative estimate of drug-likeness (QED) is 0.0347. The first kappa shape index (κ1) is 54.4. The number of unbranched alkanes of at least 4 members (excludes halogenated alkanes) is 32. The van der Waals surface area contributed by atoms with Crippen LogP contribution in [0.25, 0.3) is 0 Å². The second-order valence-electron chi connectivity index (χ2n) is 17.6. The third-order valence-electron chi connectivity index (χ3n) is 11.3. The van der Waals surface area contributed by atoms with Crippen LogP contribution in [-0.4, -0.2) is 37.2 Å². The second kappa shape index (κ2) is 44.5. The molecule has 1 atom stereocenters. The first-order chi connectivity index (χ1) is 27.4. The Morgan fingerprint density at radius 3 is 0.875 bits per heavy atom. The highest BCUT2D eigenvalue weighted by Gasteiger charge is 2.19. The van der Waals surface area contributed by atoms with Gasteiger partial charge >= 0.3 is 17.9 Å². The fourth-order valence-corrected chi connectivity index (χ4v) is 7.51. The maximum absolute atomic E-state index is 12.7. The van der Waals surface area contributed by atoms with Gasteiger partial charge in [0.1, 0.15) is 13.2 Å². The lowest BCUT2D eigenvalue weighted by molar-refractivity contribution is -0.167. The minimum absolute atomic E-state index is 0.0632. The number of hydrogen-bond acceptors (Lipinski definition) is 6. The molecule has 0 amide bonds. The van der Waals surface area contributed by atoms with Gasteiger partial charge in [-0.2, -0.15) is 0 Å². The third kappa shape index (κ3) is 43.5. The summed E-state index contributed by atoms with van der Waals surface area (Å²) in [5.41, 5.74) is 0. The van der Waals surface area contributed by atoms with Crippen LogP contribution in [0.3, 0.4) is 0 Å². The summed E-state index contributed by atoms with van der Waals surface area (Å²) in [6.07, 6.45) is 45.1. The zero-order valence-corrected chi connectivity index (χ0v) is 38.1. The molecule has 0 fully saturated rings. The van der Waals surface area contributed by atoms with Crippen molar-refractivity contribution in [3.8, 4) is 0 Å². The van der Waals surface area contributed by atoms with Crippen LogP contribution in [0.15, 0.2) is 0 Å². The molecule has 0 spiro atoms. The van der Waals surface area contributed by atoms with Crippen LogP contribution >= 0.6 is 0 Å². The van der Waals surface area contributed by atoms with Gasteiger partial charge in [-0.1, -0.05) is 240 Å². The molecule has 0 rings (SSSR count). The zero-order chi connectivity index (χ0) is 41.0. The number of carbonyl (C=O) groups excluding carboxylic acids is 3. The Balaban J connectivity index is 4.30. The van der Waals surface area contributed by atoms with Crippen LogP contribution in [0.2, 0.25) is 0 Å². The Bertz CT molecular complexity index is 841. The molecule has 0 radical (unpaired) electrons. The topological polar surface area (TPSA) is 78.9 Å². The molecule has 0 bridgehead atoms. The van der Waals surface area contributed by atoms with Gasteiger partial charge in [-0.15, -0.1) is 0 Å². The van der Waals surface area contributed by atoms with Gasteiger partial charge in [0.05, 0.1) is 0 Å². The molecule has 0 saturated heterocycles. The Hall–Kier alpha value is -1.59. The highest BCUT2D eigenvalue weighted by Crippen LogP contribution is 2.17. The van der Waals surface area contributed by atoms with Crippen LogP contribution in [-0.2, 0) is 28.6 Å². The molecule has 0 saturated carbocycles. The molecule has 0 unspecified atom stereocenters. The lowest BCUT2D eigenvalue weighted by Gasteiger charge is -2.18. The fraction of sp³-hybridized carbons (Fsp3) is 0.940. The molecule has 56 heavy (non-hydrogen) atoms. The maximum Gasteiger partial charge on any atom is 0.306 e. The molecule has 6 nitrogen and oxygen atoms in total. The van der Waals surface area contributed by atoms with Crippen molar-refractivity contribution in [2.75, 3.05) is 13.2 Å². The van der Waals surface area contributed by atoms with Crippen LogP contribution in [0.4, 0.5) is 0 Å². The van der Waals surface area contributed by atoms with Crippen molar-refractivity contribution < 1.29 is 28.6 Å². The van der Waals surface area contributed by atoms with Crippen molar-refractivity contribution in [2.45, 2.75) is 284 Å². The summed E-state index contributed by atoms with van der Waals surface area (Å²) in [7, 11) is 0. The summed E-state index contributed by atoms with van der Waals surface area (Å²) < 4.78 is 16.8. The van der Waals surface area contributed by atoms with Crippen LogP contribution in [0, 0.1) is 5.92 Å². The summed E-state index contributed by atoms with van der Waals surface area (Å²) in [6, 6.07) is 0. The predicted octanol–water partition coefficient (Wildman–Crippen LogP) is 15.9. The highest BCUT2D eigenvalue weighted by molar-refractivity contribution is 5.71. The monoisotopic (exact) mass is 793 g/mol. The first-order valence-electron chi connectivity index (χ1n) is 24.9. The summed E-state index contributed by atoms with van der Waals surface area (Å²) in [5, 5.41) is 0. The van der Waals surface area contributed by atoms with E-state index in [1.165, 1.54) is 173 Å². The molecule has 0 heterocycles. The zero-order valence-electron chi connectivity index (χ0n) is 38.1. The van der Waals surface area contributed by atoms with Crippen molar-refractivity contribution >= 4 is 17.9 Å². The van der Waals surface area contributed by atoms with E-state index >= 15 is 0 Å². The van der Waals surface area contributed by atoms with E-state index < -0.39 is 6.10 Å². The van der Waals surface area contributed by atoms with Gasteiger partial charge in [-0.05, 0) is 25.2 Å². The fourth-order valence-electron chi connectivity index (χ4n) is 7.51. The molecule has 0 aromatic heterocycles. The average Bonchev–Trinajstić information content (AvgIpc) is 3.18. The van der Waals surface area contributed by atoms with E-state index in [2.05, 4.69) is 27.7 Å². The Morgan fingerprint density at radius 1 is 0.339 bits per heavy atom. The van der Waals surface area contributed by atoms with Crippen molar-refractivity contribution in [1.82, 2.24) is 0 Å². The predicted molar refractivity (Wildman–Crippen MR) is 238 cm³/mol. The lowest BCUT2D eigenvalue weighted by atomic mass is 10.0. The van der Waals surface area contributed by atoms with E-state index in [-0.39, 0.29) is 31.1 Å². The van der Waals surface area contributed by atoms with E-state index in [0.717, 1.165) is 63.7 Å². The largest absolute Gasteiger partial charge is 0.462 e. The number of rotatable bonds is 45. The molecule has 332 valence electrons. The molecule has 0 aliphatic heterocycles. The van der Waals surface area contributed by atoms with Gasteiger partial charge in [0.15, 0.2) is 6.10 Å². The van der Waals surface area contributed by atoms with Crippen LogP contribution < -0.4 is 0 Å². The molecule has 0 aliphatic carbocycles. The number of esters is 3. The van der Waals surface area contributed by atoms with E-state index in [1.807, 2.05) is 0 Å². The normalized spacial score (nSPS) is 11.9. The van der Waals surface area contributed by atoms with Gasteiger partial charge in [0.2, 0.25) is 0 Å². The molecule has 0 N–H and O–H groups in total. The van der Waals surface area contributed by atoms with E-state index in [4.69, 9.17) is 14.2 Å². The number of hydrogen-bond donors (Lipinski definition) is 0. The Labute approximate surface area is 348 Å². The minimum atomic E-state index is -0.759. The first-order valence-corrected chi connectivity index (χ1v) is 24.9. The number of carbonyl (C=O) groups is 3. The van der Waals surface area contributed by atoms with E-state index in [1.54, 1.807) is 0 Å². The van der Waals surface area contributed by atoms with Crippen molar-refractivity contribution in [3.63, 3.8) is 0 Å². The Morgan fingerprint density at radius 2 is 0.589 bits per heavy atom. The molecular weight excluding hydrogens is 697 g/mol. The third-order valence-corrected chi connectivity index (χ3v) is 11.3. The van der Waals surface area contributed by atoms with Gasteiger partial charge in [0, 0.05) is 19.3 Å². The highest BCUT2D eigenvalue weighted by atomic mass is 16.6. The van der Waals surface area contributed by atoms with E-state index in [9.17, 15) is 14.4 Å². The molecule has 0 aromatic carbocycles. The number of ether oxygens (including phenoxy) is 3. The smallest absolute Gasteiger partial charge is 0.306 e. The summed E-state index contributed by atoms with van der Waals surface area (Å²) in [4.78, 5) is 37.8. The summed E-state index contributed by atoms with van der Waals surface area (Å²) in [6.45, 7) is 9.00.